The molecule has 0 saturated heterocycles. The van der Waals surface area contributed by atoms with Gasteiger partial charge in [0.1, 0.15) is 17.5 Å². The Morgan fingerprint density at radius 2 is 1.71 bits per heavy atom. The van der Waals surface area contributed by atoms with E-state index in [1.54, 1.807) is 12.3 Å². The minimum absolute atomic E-state index is 0.0751. The van der Waals surface area contributed by atoms with Crippen molar-refractivity contribution in [3.63, 3.8) is 0 Å². The third-order valence-corrected chi connectivity index (χ3v) is 8.81. The zero-order valence-corrected chi connectivity index (χ0v) is 24.7. The van der Waals surface area contributed by atoms with Crippen LogP contribution in [0.5, 0.6) is 0 Å². The summed E-state index contributed by atoms with van der Waals surface area (Å²) in [7, 11) is -0.724. The molecule has 0 unspecified atom stereocenters. The van der Waals surface area contributed by atoms with Gasteiger partial charge in [0.05, 0.1) is 27.0 Å². The van der Waals surface area contributed by atoms with Crippen LogP contribution in [-0.2, 0) is 10.0 Å². The number of nitrogens with one attached hydrogen (secondary N) is 2. The first-order valence-corrected chi connectivity index (χ1v) is 15.3. The Bertz CT molecular complexity index is 1610. The summed E-state index contributed by atoms with van der Waals surface area (Å²) in [4.78, 5) is 15.4. The Kier molecular flexibility index (Phi) is 9.61. The molecule has 4 aromatic rings. The molecule has 0 saturated carbocycles. The number of nitrogens with zero attached hydrogens (tertiary/aromatic N) is 4. The predicted octanol–water partition coefficient (Wildman–Crippen LogP) is 6.36. The predicted molar refractivity (Wildman–Crippen MR) is 156 cm³/mol. The average molecular weight is 605 g/mol. The fraction of sp³-hybridized carbons (Fsp3) is 0.321. The summed E-state index contributed by atoms with van der Waals surface area (Å²) in [5.74, 6) is -2.97. The topological polar surface area (TPSA) is 100 Å². The number of halogens is 3. The van der Waals surface area contributed by atoms with Gasteiger partial charge in [0.2, 0.25) is 5.95 Å². The lowest BCUT2D eigenvalue weighted by Gasteiger charge is -2.12. The van der Waals surface area contributed by atoms with E-state index >= 15 is 0 Å². The smallest absolute Gasteiger partial charge is 0.267 e. The number of rotatable bonds is 12. The van der Waals surface area contributed by atoms with Gasteiger partial charge >= 0.3 is 0 Å². The Hall–Kier alpha value is -3.55. The summed E-state index contributed by atoms with van der Waals surface area (Å²) in [5.41, 5.74) is 0.980. The van der Waals surface area contributed by atoms with Crippen LogP contribution in [0.15, 0.2) is 53.6 Å². The van der Waals surface area contributed by atoms with Crippen LogP contribution in [0.3, 0.4) is 0 Å². The van der Waals surface area contributed by atoms with Crippen molar-refractivity contribution < 1.29 is 21.6 Å². The molecule has 0 radical (unpaired) electrons. The van der Waals surface area contributed by atoms with Crippen molar-refractivity contribution in [2.24, 2.45) is 0 Å². The van der Waals surface area contributed by atoms with Crippen molar-refractivity contribution in [1.82, 2.24) is 19.9 Å². The molecule has 0 aliphatic rings. The van der Waals surface area contributed by atoms with E-state index < -0.39 is 38.1 Å². The second-order valence-electron chi connectivity index (χ2n) is 9.94. The van der Waals surface area contributed by atoms with Gasteiger partial charge in [-0.25, -0.2) is 36.5 Å². The molecule has 0 aliphatic carbocycles. The number of benzene rings is 2. The number of thiazole rings is 1. The minimum Gasteiger partial charge on any atom is -0.354 e. The van der Waals surface area contributed by atoms with Crippen molar-refractivity contribution >= 4 is 33.0 Å². The molecule has 41 heavy (non-hydrogen) atoms. The summed E-state index contributed by atoms with van der Waals surface area (Å²) >= 11 is 1.42. The highest BCUT2D eigenvalue weighted by Gasteiger charge is 2.26. The van der Waals surface area contributed by atoms with Crippen LogP contribution in [-0.4, -0.2) is 55.5 Å². The molecule has 0 aliphatic heterocycles. The van der Waals surface area contributed by atoms with E-state index in [9.17, 15) is 21.6 Å². The number of hydrogen-bond donors (Lipinski definition) is 2. The summed E-state index contributed by atoms with van der Waals surface area (Å²) in [6.07, 6.45) is 3.60. The largest absolute Gasteiger partial charge is 0.354 e. The Labute approximate surface area is 241 Å². The summed E-state index contributed by atoms with van der Waals surface area (Å²) < 4.78 is 70.9. The quantitative estimate of drug-likeness (QED) is 0.182. The minimum atomic E-state index is -4.78. The maximum atomic E-state index is 14.8. The SMILES string of the molecule is CC(C)c1nc(-c2ccc(F)c(NS(=O)(=O)c3c(F)cccc3F)c2)c(-c2ccnc(NCCCCN(C)C)n2)s1. The molecule has 2 aromatic heterocycles. The first kappa shape index (κ1) is 30.4. The van der Waals surface area contributed by atoms with Gasteiger partial charge in [0.25, 0.3) is 10.0 Å². The standard InChI is InChI=1S/C28H31F3N6O2S2/c1-17(2)27-35-24(25(40-27)22-12-14-33-28(34-22)32-13-5-6-15-37(3)4)18-10-11-19(29)23(16-18)36-41(38,39)26-20(30)8-7-9-21(26)31/h7-12,14,16-17,36H,5-6,13,15H2,1-4H3,(H,32,33,34). The third kappa shape index (κ3) is 7.40. The van der Waals surface area contributed by atoms with Crippen LogP contribution in [0, 0.1) is 17.5 Å². The molecule has 13 heteroatoms. The van der Waals surface area contributed by atoms with Crippen LogP contribution in [0.4, 0.5) is 24.8 Å². The average Bonchev–Trinajstić information content (AvgIpc) is 3.35. The van der Waals surface area contributed by atoms with Gasteiger partial charge in [0, 0.05) is 24.2 Å². The fourth-order valence-electron chi connectivity index (χ4n) is 3.96. The maximum absolute atomic E-state index is 14.8. The lowest BCUT2D eigenvalue weighted by Crippen LogP contribution is -2.17. The monoisotopic (exact) mass is 604 g/mol. The van der Waals surface area contributed by atoms with E-state index in [-0.39, 0.29) is 5.92 Å². The molecule has 0 amide bonds. The summed E-state index contributed by atoms with van der Waals surface area (Å²) in [6, 6.07) is 8.20. The molecule has 0 bridgehead atoms. The molecule has 2 N–H and O–H groups in total. The number of aromatic nitrogens is 3. The Morgan fingerprint density at radius 3 is 2.39 bits per heavy atom. The molecule has 0 fully saturated rings. The molecular formula is C28H31F3N6O2S2. The highest BCUT2D eigenvalue weighted by molar-refractivity contribution is 7.92. The normalized spacial score (nSPS) is 11.8. The van der Waals surface area contributed by atoms with E-state index in [0.717, 1.165) is 48.7 Å². The van der Waals surface area contributed by atoms with Gasteiger partial charge in [-0.1, -0.05) is 19.9 Å². The molecular weight excluding hydrogens is 573 g/mol. The molecule has 4 rings (SSSR count). The number of sulfonamides is 1. The van der Waals surface area contributed by atoms with Gasteiger partial charge in [-0.2, -0.15) is 0 Å². The number of anilines is 2. The highest BCUT2D eigenvalue weighted by Crippen LogP contribution is 2.39. The summed E-state index contributed by atoms with van der Waals surface area (Å²) in [5, 5.41) is 4.04. The first-order chi connectivity index (χ1) is 19.5. The van der Waals surface area contributed by atoms with E-state index in [2.05, 4.69) is 20.2 Å². The fourth-order valence-corrected chi connectivity index (χ4v) is 6.22. The lowest BCUT2D eigenvalue weighted by molar-refractivity contribution is 0.396. The van der Waals surface area contributed by atoms with Crippen LogP contribution in [0.2, 0.25) is 0 Å². The Morgan fingerprint density at radius 1 is 0.976 bits per heavy atom. The number of unbranched alkanes of at least 4 members (excludes halogenated alkanes) is 1. The summed E-state index contributed by atoms with van der Waals surface area (Å²) in [6.45, 7) is 5.66. The third-order valence-electron chi connectivity index (χ3n) is 6.01. The van der Waals surface area contributed by atoms with Crippen molar-refractivity contribution in [1.29, 1.82) is 0 Å². The van der Waals surface area contributed by atoms with E-state index in [4.69, 9.17) is 4.98 Å². The second-order valence-corrected chi connectivity index (χ2v) is 12.6. The molecule has 0 atom stereocenters. The molecule has 218 valence electrons. The lowest BCUT2D eigenvalue weighted by atomic mass is 10.1. The van der Waals surface area contributed by atoms with Crippen LogP contribution < -0.4 is 10.0 Å². The van der Waals surface area contributed by atoms with Gasteiger partial charge in [-0.15, -0.1) is 11.3 Å². The van der Waals surface area contributed by atoms with Gasteiger partial charge in [0.15, 0.2) is 4.90 Å². The molecule has 8 nitrogen and oxygen atoms in total. The molecule has 2 heterocycles. The van der Waals surface area contributed by atoms with Crippen molar-refractivity contribution in [3.05, 3.63) is 71.1 Å². The van der Waals surface area contributed by atoms with Crippen LogP contribution in [0.25, 0.3) is 21.8 Å². The van der Waals surface area contributed by atoms with Crippen LogP contribution >= 0.6 is 11.3 Å². The van der Waals surface area contributed by atoms with Gasteiger partial charge in [-0.05, 0) is 69.9 Å². The van der Waals surface area contributed by atoms with Crippen molar-refractivity contribution in [2.45, 2.75) is 37.5 Å². The number of hydrogen-bond acceptors (Lipinski definition) is 8. The highest BCUT2D eigenvalue weighted by atomic mass is 32.2. The van der Waals surface area contributed by atoms with E-state index in [1.165, 1.54) is 23.5 Å². The zero-order chi connectivity index (χ0) is 29.7. The van der Waals surface area contributed by atoms with Gasteiger partial charge < -0.3 is 10.2 Å². The molecule has 2 aromatic carbocycles. The van der Waals surface area contributed by atoms with E-state index in [1.807, 2.05) is 32.7 Å². The van der Waals surface area contributed by atoms with Crippen molar-refractivity contribution in [2.75, 3.05) is 37.2 Å². The molecule has 0 spiro atoms. The second kappa shape index (κ2) is 13.0. The maximum Gasteiger partial charge on any atom is 0.267 e. The van der Waals surface area contributed by atoms with Gasteiger partial charge in [-0.3, -0.25) is 4.72 Å². The van der Waals surface area contributed by atoms with Crippen molar-refractivity contribution in [3.8, 4) is 21.8 Å². The van der Waals surface area contributed by atoms with Crippen LogP contribution in [0.1, 0.15) is 37.6 Å². The van der Waals surface area contributed by atoms with E-state index in [0.29, 0.717) is 34.3 Å². The first-order valence-electron chi connectivity index (χ1n) is 13.0. The Balaban J connectivity index is 1.67. The zero-order valence-electron chi connectivity index (χ0n) is 23.1.